The number of benzene rings is 1. The van der Waals surface area contributed by atoms with Crippen LogP contribution in [-0.2, 0) is 11.2 Å². The lowest BCUT2D eigenvalue weighted by Gasteiger charge is -2.32. The predicted octanol–water partition coefficient (Wildman–Crippen LogP) is 2.83. The van der Waals surface area contributed by atoms with E-state index in [1.807, 2.05) is 4.90 Å². The van der Waals surface area contributed by atoms with Crippen LogP contribution < -0.4 is 9.47 Å². The lowest BCUT2D eigenvalue weighted by Crippen LogP contribution is -2.43. The van der Waals surface area contributed by atoms with Crippen LogP contribution in [0, 0.1) is 0 Å². The van der Waals surface area contributed by atoms with Gasteiger partial charge in [-0.1, -0.05) is 5.16 Å². The van der Waals surface area contributed by atoms with Crippen molar-refractivity contribution in [2.45, 2.75) is 44.1 Å². The van der Waals surface area contributed by atoms with Gasteiger partial charge in [0.15, 0.2) is 5.82 Å². The van der Waals surface area contributed by atoms with E-state index in [4.69, 9.17) is 18.7 Å². The van der Waals surface area contributed by atoms with E-state index in [9.17, 15) is 4.79 Å². The Balaban J connectivity index is 1.31. The maximum atomic E-state index is 13.0. The molecule has 2 fully saturated rings. The molecule has 1 atom stereocenters. The van der Waals surface area contributed by atoms with Gasteiger partial charge in [0.25, 0.3) is 5.91 Å². The molecule has 4 rings (SSSR count). The molecule has 156 valence electrons. The van der Waals surface area contributed by atoms with Gasteiger partial charge < -0.3 is 23.6 Å². The molecule has 0 N–H and O–H groups in total. The monoisotopic (exact) mass is 401 g/mol. The Bertz CT molecular complexity index is 826. The number of carbonyl (C=O) groups excluding carboxylic acids is 1. The number of piperidine rings is 1. The normalized spacial score (nSPS) is 19.2. The van der Waals surface area contributed by atoms with Gasteiger partial charge in [-0.3, -0.25) is 4.79 Å². The Morgan fingerprint density at radius 3 is 2.62 bits per heavy atom. The predicted molar refractivity (Wildman–Crippen MR) is 104 cm³/mol. The molecule has 1 amide bonds. The second-order valence-corrected chi connectivity index (χ2v) is 7.56. The van der Waals surface area contributed by atoms with Gasteiger partial charge in [-0.05, 0) is 37.8 Å². The molecule has 0 bridgehead atoms. The molecular formula is C21H27N3O5. The third-order valence-corrected chi connectivity index (χ3v) is 5.35. The molecule has 1 unspecified atom stereocenters. The highest BCUT2D eigenvalue weighted by Crippen LogP contribution is 2.38. The van der Waals surface area contributed by atoms with E-state index in [1.165, 1.54) is 0 Å². The van der Waals surface area contributed by atoms with Gasteiger partial charge in [0.05, 0.1) is 26.9 Å². The topological polar surface area (TPSA) is 86.9 Å². The molecule has 0 radical (unpaired) electrons. The number of hydrogen-bond donors (Lipinski definition) is 0. The number of methoxy groups -OCH3 is 2. The second-order valence-electron chi connectivity index (χ2n) is 7.56. The molecule has 1 aliphatic heterocycles. The molecule has 8 heteroatoms. The summed E-state index contributed by atoms with van der Waals surface area (Å²) >= 11 is 0. The summed E-state index contributed by atoms with van der Waals surface area (Å²) < 4.78 is 21.8. The first-order valence-electron chi connectivity index (χ1n) is 10.1. The number of amides is 1. The fourth-order valence-corrected chi connectivity index (χ4v) is 3.55. The number of rotatable bonds is 8. The molecule has 1 aliphatic carbocycles. The van der Waals surface area contributed by atoms with Crippen molar-refractivity contribution in [1.82, 2.24) is 15.0 Å². The number of likely N-dealkylation sites (tertiary alicyclic amines) is 1. The first-order chi connectivity index (χ1) is 14.2. The molecule has 29 heavy (non-hydrogen) atoms. The minimum atomic E-state index is -0.0391. The lowest BCUT2D eigenvalue weighted by atomic mass is 10.1. The van der Waals surface area contributed by atoms with Gasteiger partial charge >= 0.3 is 0 Å². The van der Waals surface area contributed by atoms with Crippen LogP contribution in [0.25, 0.3) is 0 Å². The van der Waals surface area contributed by atoms with Gasteiger partial charge in [0.2, 0.25) is 5.89 Å². The van der Waals surface area contributed by atoms with Crippen molar-refractivity contribution in [1.29, 1.82) is 0 Å². The van der Waals surface area contributed by atoms with Gasteiger partial charge in [0, 0.05) is 37.1 Å². The summed E-state index contributed by atoms with van der Waals surface area (Å²) in [5.41, 5.74) is 0.557. The van der Waals surface area contributed by atoms with Crippen LogP contribution in [0.5, 0.6) is 11.5 Å². The van der Waals surface area contributed by atoms with Crippen LogP contribution >= 0.6 is 0 Å². The molecule has 2 heterocycles. The van der Waals surface area contributed by atoms with Crippen molar-refractivity contribution < 1.29 is 23.5 Å². The van der Waals surface area contributed by atoms with Crippen molar-refractivity contribution in [2.75, 3.05) is 33.9 Å². The standard InChI is InChI=1S/C21H27N3O5/c1-26-17-10-15(11-18(12-17)27-2)21(25)24-8-3-4-16(13-24)28-9-7-19-22-20(29-23-19)14-5-6-14/h10-12,14,16H,3-9,13H2,1-2H3. The van der Waals surface area contributed by atoms with Crippen LogP contribution in [0.15, 0.2) is 22.7 Å². The minimum absolute atomic E-state index is 0.00927. The van der Waals surface area contributed by atoms with Crippen LogP contribution in [0.2, 0.25) is 0 Å². The quantitative estimate of drug-likeness (QED) is 0.672. The average molecular weight is 401 g/mol. The Kier molecular flexibility index (Phi) is 5.99. The van der Waals surface area contributed by atoms with E-state index in [2.05, 4.69) is 10.1 Å². The molecule has 8 nitrogen and oxygen atoms in total. The van der Waals surface area contributed by atoms with Gasteiger partial charge in [0.1, 0.15) is 11.5 Å². The van der Waals surface area contributed by atoms with E-state index >= 15 is 0 Å². The Labute approximate surface area is 170 Å². The van der Waals surface area contributed by atoms with Gasteiger partial charge in [-0.2, -0.15) is 4.98 Å². The fraction of sp³-hybridized carbons (Fsp3) is 0.571. The zero-order valence-corrected chi connectivity index (χ0v) is 16.9. The largest absolute Gasteiger partial charge is 0.497 e. The van der Waals surface area contributed by atoms with Crippen molar-refractivity contribution in [3.63, 3.8) is 0 Å². The maximum absolute atomic E-state index is 13.0. The van der Waals surface area contributed by atoms with Gasteiger partial charge in [-0.25, -0.2) is 0 Å². The number of hydrogen-bond acceptors (Lipinski definition) is 7. The summed E-state index contributed by atoms with van der Waals surface area (Å²) in [6, 6.07) is 5.23. The number of nitrogens with zero attached hydrogens (tertiary/aromatic N) is 3. The van der Waals surface area contributed by atoms with Crippen molar-refractivity contribution in [2.24, 2.45) is 0 Å². The second kappa shape index (κ2) is 8.82. The summed E-state index contributed by atoms with van der Waals surface area (Å²) in [6.45, 7) is 1.80. The third-order valence-electron chi connectivity index (χ3n) is 5.35. The molecule has 2 aromatic rings. The minimum Gasteiger partial charge on any atom is -0.497 e. The van der Waals surface area contributed by atoms with E-state index < -0.39 is 0 Å². The lowest BCUT2D eigenvalue weighted by molar-refractivity contribution is 0.00250. The highest BCUT2D eigenvalue weighted by Gasteiger charge is 2.30. The summed E-state index contributed by atoms with van der Waals surface area (Å²) in [5, 5.41) is 4.02. The average Bonchev–Trinajstić information content (AvgIpc) is 3.51. The first kappa shape index (κ1) is 19.7. The summed E-state index contributed by atoms with van der Waals surface area (Å²) in [4.78, 5) is 19.2. The Morgan fingerprint density at radius 1 is 1.17 bits per heavy atom. The van der Waals surface area contributed by atoms with Crippen LogP contribution in [0.1, 0.15) is 53.7 Å². The molecule has 1 aromatic heterocycles. The van der Waals surface area contributed by atoms with Crippen LogP contribution in [-0.4, -0.2) is 61.0 Å². The number of carbonyl (C=O) groups is 1. The van der Waals surface area contributed by atoms with Gasteiger partial charge in [-0.15, -0.1) is 0 Å². The number of ether oxygens (including phenoxy) is 3. The molecular weight excluding hydrogens is 374 g/mol. The third kappa shape index (κ3) is 4.87. The molecule has 1 aromatic carbocycles. The fourth-order valence-electron chi connectivity index (χ4n) is 3.55. The Hall–Kier alpha value is -2.61. The maximum Gasteiger partial charge on any atom is 0.254 e. The highest BCUT2D eigenvalue weighted by atomic mass is 16.5. The molecule has 2 aliphatic rings. The molecule has 1 saturated heterocycles. The summed E-state index contributed by atoms with van der Waals surface area (Å²) in [6.07, 6.45) is 4.76. The van der Waals surface area contributed by atoms with Crippen molar-refractivity contribution in [3.05, 3.63) is 35.5 Å². The van der Waals surface area contributed by atoms with Crippen molar-refractivity contribution >= 4 is 5.91 Å². The molecule has 0 spiro atoms. The Morgan fingerprint density at radius 2 is 1.93 bits per heavy atom. The van der Waals surface area contributed by atoms with E-state index in [-0.39, 0.29) is 12.0 Å². The highest BCUT2D eigenvalue weighted by molar-refractivity contribution is 5.95. The number of aromatic nitrogens is 2. The van der Waals surface area contributed by atoms with Crippen molar-refractivity contribution in [3.8, 4) is 11.5 Å². The first-order valence-corrected chi connectivity index (χ1v) is 10.1. The summed E-state index contributed by atoms with van der Waals surface area (Å²) in [7, 11) is 3.15. The zero-order chi connectivity index (χ0) is 20.2. The summed E-state index contributed by atoms with van der Waals surface area (Å²) in [5.74, 6) is 3.07. The molecule has 1 saturated carbocycles. The zero-order valence-electron chi connectivity index (χ0n) is 16.9. The SMILES string of the molecule is COc1cc(OC)cc(C(=O)N2CCCC(OCCc3noc(C4CC4)n3)C2)c1. The van der Waals surface area contributed by atoms with E-state index in [0.29, 0.717) is 54.9 Å². The smallest absolute Gasteiger partial charge is 0.254 e. The van der Waals surface area contributed by atoms with E-state index in [0.717, 1.165) is 31.6 Å². The van der Waals surface area contributed by atoms with E-state index in [1.54, 1.807) is 32.4 Å². The van der Waals surface area contributed by atoms with Crippen LogP contribution in [0.3, 0.4) is 0 Å². The van der Waals surface area contributed by atoms with Crippen LogP contribution in [0.4, 0.5) is 0 Å².